The van der Waals surface area contributed by atoms with Gasteiger partial charge in [0.15, 0.2) is 5.96 Å². The van der Waals surface area contributed by atoms with Gasteiger partial charge in [-0.05, 0) is 44.2 Å². The smallest absolute Gasteiger partial charge is 0.191 e. The summed E-state index contributed by atoms with van der Waals surface area (Å²) in [5, 5.41) is 7.25. The molecule has 5 heteroatoms. The van der Waals surface area contributed by atoms with Crippen LogP contribution in [0.4, 0.5) is 0 Å². The van der Waals surface area contributed by atoms with Crippen molar-refractivity contribution in [1.29, 1.82) is 0 Å². The molecule has 148 valence electrons. The number of methoxy groups -OCH3 is 1. The van der Waals surface area contributed by atoms with E-state index >= 15 is 0 Å². The highest BCUT2D eigenvalue weighted by Crippen LogP contribution is 2.60. The number of fused-ring (bicyclic) bond motifs is 2. The molecule has 5 nitrogen and oxygen atoms in total. The average Bonchev–Trinajstić information content (AvgIpc) is 3.35. The lowest BCUT2D eigenvalue weighted by molar-refractivity contribution is -0.125. The molecule has 0 radical (unpaired) electrons. The molecule has 1 aromatic carbocycles. The molecule has 2 saturated carbocycles. The van der Waals surface area contributed by atoms with Gasteiger partial charge in [-0.1, -0.05) is 31.0 Å². The van der Waals surface area contributed by atoms with Gasteiger partial charge in [0.1, 0.15) is 5.75 Å². The average molecular weight is 372 g/mol. The molecule has 0 aromatic heterocycles. The van der Waals surface area contributed by atoms with E-state index in [2.05, 4.69) is 29.7 Å². The van der Waals surface area contributed by atoms with Gasteiger partial charge < -0.3 is 20.1 Å². The largest absolute Gasteiger partial charge is 0.496 e. The summed E-state index contributed by atoms with van der Waals surface area (Å²) in [4.78, 5) is 4.87. The summed E-state index contributed by atoms with van der Waals surface area (Å²) in [5.74, 6) is 2.55. The molecule has 3 atom stereocenters. The van der Waals surface area contributed by atoms with Gasteiger partial charge in [0.2, 0.25) is 0 Å². The highest BCUT2D eigenvalue weighted by Gasteiger charge is 2.65. The SMILES string of the molecule is CCNC(=NCCc1ccccc1OC)NC1C2CCOC2C12CCCC2. The van der Waals surface area contributed by atoms with E-state index in [1.807, 2.05) is 12.1 Å². The summed E-state index contributed by atoms with van der Waals surface area (Å²) in [6.45, 7) is 4.69. The maximum absolute atomic E-state index is 6.11. The third-order valence-electron chi connectivity index (χ3n) is 6.77. The Bertz CT molecular complexity index is 669. The molecule has 1 aromatic rings. The van der Waals surface area contributed by atoms with E-state index in [1.165, 1.54) is 37.7 Å². The fourth-order valence-corrected chi connectivity index (χ4v) is 5.57. The second-order valence-electron chi connectivity index (χ2n) is 8.13. The van der Waals surface area contributed by atoms with Gasteiger partial charge in [0, 0.05) is 37.1 Å². The van der Waals surface area contributed by atoms with E-state index in [0.29, 0.717) is 23.5 Å². The van der Waals surface area contributed by atoms with Gasteiger partial charge in [-0.15, -0.1) is 0 Å². The number of aliphatic imine (C=N–C) groups is 1. The van der Waals surface area contributed by atoms with Crippen LogP contribution in [0.1, 0.15) is 44.6 Å². The zero-order chi connectivity index (χ0) is 18.7. The first kappa shape index (κ1) is 18.6. The summed E-state index contributed by atoms with van der Waals surface area (Å²) in [6.07, 6.45) is 7.82. The van der Waals surface area contributed by atoms with Gasteiger partial charge in [0.05, 0.1) is 13.2 Å². The van der Waals surface area contributed by atoms with Crippen LogP contribution in [0.5, 0.6) is 5.75 Å². The minimum Gasteiger partial charge on any atom is -0.496 e. The predicted octanol–water partition coefficient (Wildman–Crippen LogP) is 3.14. The topological polar surface area (TPSA) is 54.9 Å². The molecule has 1 aliphatic heterocycles. The van der Waals surface area contributed by atoms with Crippen LogP contribution in [0.2, 0.25) is 0 Å². The Balaban J connectivity index is 1.42. The number of para-hydroxylation sites is 1. The number of guanidine groups is 1. The molecule has 1 saturated heterocycles. The minimum atomic E-state index is 0.347. The van der Waals surface area contributed by atoms with Crippen LogP contribution in [0.3, 0.4) is 0 Å². The lowest BCUT2D eigenvalue weighted by atomic mass is 9.54. The molecular weight excluding hydrogens is 338 g/mol. The van der Waals surface area contributed by atoms with Crippen molar-refractivity contribution < 1.29 is 9.47 Å². The molecule has 2 N–H and O–H groups in total. The minimum absolute atomic E-state index is 0.347. The first-order chi connectivity index (χ1) is 13.3. The number of ether oxygens (including phenoxy) is 2. The van der Waals surface area contributed by atoms with Crippen molar-refractivity contribution in [2.45, 2.75) is 57.6 Å². The van der Waals surface area contributed by atoms with E-state index in [4.69, 9.17) is 14.5 Å². The molecule has 0 amide bonds. The third kappa shape index (κ3) is 3.42. The van der Waals surface area contributed by atoms with E-state index < -0.39 is 0 Å². The van der Waals surface area contributed by atoms with Gasteiger partial charge in [-0.3, -0.25) is 4.99 Å². The fourth-order valence-electron chi connectivity index (χ4n) is 5.57. The Morgan fingerprint density at radius 1 is 1.30 bits per heavy atom. The van der Waals surface area contributed by atoms with Gasteiger partial charge in [-0.2, -0.15) is 0 Å². The van der Waals surface area contributed by atoms with Crippen molar-refractivity contribution in [2.24, 2.45) is 16.3 Å². The van der Waals surface area contributed by atoms with Crippen LogP contribution in [0.25, 0.3) is 0 Å². The maximum Gasteiger partial charge on any atom is 0.191 e. The molecule has 4 rings (SSSR count). The number of benzene rings is 1. The number of rotatable bonds is 6. The van der Waals surface area contributed by atoms with Crippen molar-refractivity contribution in [1.82, 2.24) is 10.6 Å². The second-order valence-corrected chi connectivity index (χ2v) is 8.13. The lowest BCUT2D eigenvalue weighted by Gasteiger charge is -2.57. The molecule has 0 bridgehead atoms. The normalized spacial score (nSPS) is 28.7. The molecule has 3 fully saturated rings. The fraction of sp³-hybridized carbons (Fsp3) is 0.682. The summed E-state index contributed by atoms with van der Waals surface area (Å²) in [7, 11) is 1.73. The van der Waals surface area contributed by atoms with Crippen molar-refractivity contribution in [3.63, 3.8) is 0 Å². The first-order valence-corrected chi connectivity index (χ1v) is 10.6. The van der Waals surface area contributed by atoms with Gasteiger partial charge in [-0.25, -0.2) is 0 Å². The summed E-state index contributed by atoms with van der Waals surface area (Å²) >= 11 is 0. The molecule has 1 heterocycles. The number of nitrogens with zero attached hydrogens (tertiary/aromatic N) is 1. The van der Waals surface area contributed by atoms with E-state index in [1.54, 1.807) is 7.11 Å². The zero-order valence-corrected chi connectivity index (χ0v) is 16.7. The molecule has 3 aliphatic rings. The highest BCUT2D eigenvalue weighted by atomic mass is 16.5. The Labute approximate surface area is 162 Å². The van der Waals surface area contributed by atoms with Crippen LogP contribution in [-0.2, 0) is 11.2 Å². The molecule has 1 spiro atoms. The van der Waals surface area contributed by atoms with Crippen LogP contribution >= 0.6 is 0 Å². The summed E-state index contributed by atoms with van der Waals surface area (Å²) in [5.41, 5.74) is 1.56. The lowest BCUT2D eigenvalue weighted by Crippen LogP contribution is -2.69. The molecule has 3 unspecified atom stereocenters. The van der Waals surface area contributed by atoms with Crippen LogP contribution < -0.4 is 15.4 Å². The monoisotopic (exact) mass is 371 g/mol. The number of nitrogens with one attached hydrogen (secondary N) is 2. The third-order valence-corrected chi connectivity index (χ3v) is 6.77. The molecule has 27 heavy (non-hydrogen) atoms. The van der Waals surface area contributed by atoms with E-state index in [0.717, 1.165) is 37.8 Å². The molecular formula is C22H33N3O2. The maximum atomic E-state index is 6.11. The first-order valence-electron chi connectivity index (χ1n) is 10.6. The summed E-state index contributed by atoms with van der Waals surface area (Å²) < 4.78 is 11.6. The van der Waals surface area contributed by atoms with Gasteiger partial charge in [0.25, 0.3) is 0 Å². The highest BCUT2D eigenvalue weighted by molar-refractivity contribution is 5.80. The number of hydrogen-bond donors (Lipinski definition) is 2. The summed E-state index contributed by atoms with van der Waals surface area (Å²) in [6, 6.07) is 8.71. The Morgan fingerprint density at radius 3 is 2.89 bits per heavy atom. The van der Waals surface area contributed by atoms with E-state index in [9.17, 15) is 0 Å². The zero-order valence-electron chi connectivity index (χ0n) is 16.7. The van der Waals surface area contributed by atoms with Crippen molar-refractivity contribution in [2.75, 3.05) is 26.8 Å². The van der Waals surface area contributed by atoms with Crippen LogP contribution in [-0.4, -0.2) is 44.9 Å². The van der Waals surface area contributed by atoms with Crippen LogP contribution in [0.15, 0.2) is 29.3 Å². The van der Waals surface area contributed by atoms with Crippen molar-refractivity contribution >= 4 is 5.96 Å². The van der Waals surface area contributed by atoms with Crippen molar-refractivity contribution in [3.8, 4) is 5.75 Å². The quantitative estimate of drug-likeness (QED) is 0.596. The predicted molar refractivity (Wildman–Crippen MR) is 108 cm³/mol. The Hall–Kier alpha value is -1.75. The Morgan fingerprint density at radius 2 is 2.11 bits per heavy atom. The molecule has 2 aliphatic carbocycles. The number of hydrogen-bond acceptors (Lipinski definition) is 3. The standard InChI is InChI=1S/C22H33N3O2/c1-3-23-21(24-14-10-16-8-4-5-9-18(16)26-2)25-19-17-11-15-27-20(17)22(19)12-6-7-13-22/h4-5,8-9,17,19-20H,3,6-7,10-15H2,1-2H3,(H2,23,24,25). The van der Waals surface area contributed by atoms with Crippen molar-refractivity contribution in [3.05, 3.63) is 29.8 Å². The second kappa shape index (κ2) is 8.09. The van der Waals surface area contributed by atoms with Gasteiger partial charge >= 0.3 is 0 Å². The van der Waals surface area contributed by atoms with Crippen LogP contribution in [0, 0.1) is 11.3 Å². The van der Waals surface area contributed by atoms with E-state index in [-0.39, 0.29) is 0 Å². The Kier molecular flexibility index (Phi) is 5.58.